The Labute approximate surface area is 163 Å². The van der Waals surface area contributed by atoms with Gasteiger partial charge in [-0.05, 0) is 48.9 Å². The van der Waals surface area contributed by atoms with E-state index in [0.29, 0.717) is 34.1 Å². The zero-order valence-electron chi connectivity index (χ0n) is 15.2. The van der Waals surface area contributed by atoms with Crippen LogP contribution in [-0.2, 0) is 0 Å². The van der Waals surface area contributed by atoms with Crippen LogP contribution in [0.3, 0.4) is 0 Å². The summed E-state index contributed by atoms with van der Waals surface area (Å²) >= 11 is 0. The lowest BCUT2D eigenvalue weighted by molar-refractivity contribution is 0.262. The lowest BCUT2D eigenvalue weighted by Gasteiger charge is -2.12. The molecule has 0 atom stereocenters. The van der Waals surface area contributed by atoms with Crippen LogP contribution in [0.5, 0.6) is 11.5 Å². The number of benzene rings is 3. The summed E-state index contributed by atoms with van der Waals surface area (Å²) in [5, 5.41) is 5.52. The van der Waals surface area contributed by atoms with Crippen molar-refractivity contribution in [3.05, 3.63) is 89.3 Å². The first-order chi connectivity index (χ1) is 13.6. The first-order valence-electron chi connectivity index (χ1n) is 8.48. The van der Waals surface area contributed by atoms with Crippen LogP contribution in [0.4, 0.5) is 21.9 Å². The maximum Gasteiger partial charge on any atom is 0.323 e. The summed E-state index contributed by atoms with van der Waals surface area (Å²) in [6.07, 6.45) is 5.38. The van der Waals surface area contributed by atoms with Gasteiger partial charge in [0.2, 0.25) is 0 Å². The highest BCUT2D eigenvalue weighted by atomic mass is 16.5. The second-order valence-corrected chi connectivity index (χ2v) is 5.99. The van der Waals surface area contributed by atoms with Crippen molar-refractivity contribution in [2.24, 2.45) is 0 Å². The number of anilines is 2. The van der Waals surface area contributed by atoms with Crippen LogP contribution in [0.2, 0.25) is 0 Å². The smallest absolute Gasteiger partial charge is 0.323 e. The molecule has 0 bridgehead atoms. The highest BCUT2D eigenvalue weighted by Crippen LogP contribution is 2.29. The van der Waals surface area contributed by atoms with Crippen LogP contribution in [0.15, 0.2) is 66.7 Å². The lowest BCUT2D eigenvalue weighted by atomic mass is 10.2. The number of carbonyl (C=O) groups excluding carboxylic acids is 1. The van der Waals surface area contributed by atoms with E-state index in [1.54, 1.807) is 60.7 Å². The van der Waals surface area contributed by atoms with E-state index in [4.69, 9.17) is 17.7 Å². The number of ether oxygens (including phenoxy) is 1. The van der Waals surface area contributed by atoms with Gasteiger partial charge in [0.1, 0.15) is 11.5 Å². The summed E-state index contributed by atoms with van der Waals surface area (Å²) in [5.41, 5.74) is 3.35. The summed E-state index contributed by atoms with van der Waals surface area (Å²) < 4.78 is 5.88. The molecule has 5 nitrogen and oxygen atoms in total. The fourth-order valence-electron chi connectivity index (χ4n) is 2.48. The Balaban J connectivity index is 1.70. The number of nitrogens with zero attached hydrogens (tertiary/aromatic N) is 1. The topological polar surface area (TPSA) is 54.7 Å². The first-order valence-corrected chi connectivity index (χ1v) is 8.48. The van der Waals surface area contributed by atoms with Gasteiger partial charge in [-0.15, -0.1) is 6.42 Å². The minimum Gasteiger partial charge on any atom is -0.457 e. The van der Waals surface area contributed by atoms with E-state index < -0.39 is 0 Å². The molecule has 136 valence electrons. The van der Waals surface area contributed by atoms with E-state index in [0.717, 1.165) is 5.56 Å². The van der Waals surface area contributed by atoms with Gasteiger partial charge in [-0.3, -0.25) is 0 Å². The van der Waals surface area contributed by atoms with E-state index in [2.05, 4.69) is 21.4 Å². The van der Waals surface area contributed by atoms with Gasteiger partial charge in [-0.1, -0.05) is 30.2 Å². The maximum absolute atomic E-state index is 12.3. The Morgan fingerprint density at radius 3 is 2.43 bits per heavy atom. The minimum atomic E-state index is -0.384. The number of carbonyl (C=O) groups is 1. The second-order valence-electron chi connectivity index (χ2n) is 5.99. The number of amides is 2. The summed E-state index contributed by atoms with van der Waals surface area (Å²) in [7, 11) is 0. The molecule has 0 saturated carbocycles. The number of rotatable bonds is 4. The lowest BCUT2D eigenvalue weighted by Crippen LogP contribution is -2.19. The van der Waals surface area contributed by atoms with Gasteiger partial charge < -0.3 is 15.4 Å². The minimum absolute atomic E-state index is 0.384. The predicted molar refractivity (Wildman–Crippen MR) is 111 cm³/mol. The van der Waals surface area contributed by atoms with Gasteiger partial charge in [0.05, 0.1) is 6.57 Å². The zero-order valence-corrected chi connectivity index (χ0v) is 15.2. The number of urea groups is 1. The Kier molecular flexibility index (Phi) is 5.60. The third kappa shape index (κ3) is 4.69. The molecule has 0 spiro atoms. The molecule has 0 aliphatic rings. The quantitative estimate of drug-likeness (QED) is 0.441. The summed E-state index contributed by atoms with van der Waals surface area (Å²) in [6, 6.07) is 18.9. The van der Waals surface area contributed by atoms with Gasteiger partial charge in [0, 0.05) is 23.0 Å². The van der Waals surface area contributed by atoms with E-state index in [1.165, 1.54) is 0 Å². The van der Waals surface area contributed by atoms with Crippen LogP contribution in [-0.4, -0.2) is 6.03 Å². The van der Waals surface area contributed by atoms with Crippen molar-refractivity contribution in [2.45, 2.75) is 6.92 Å². The SMILES string of the molecule is [C-]#[N+]c1ccc(Oc2cc(NC(=O)Nc3cccc(C#C)c3)ccc2C)cc1. The molecular formula is C23H17N3O2. The van der Waals surface area contributed by atoms with Crippen molar-refractivity contribution in [1.29, 1.82) is 0 Å². The molecule has 0 fully saturated rings. The van der Waals surface area contributed by atoms with Crippen molar-refractivity contribution in [3.63, 3.8) is 0 Å². The largest absolute Gasteiger partial charge is 0.457 e. The molecule has 5 heteroatoms. The third-order valence-corrected chi connectivity index (χ3v) is 3.93. The van der Waals surface area contributed by atoms with Crippen LogP contribution >= 0.6 is 0 Å². The van der Waals surface area contributed by atoms with Gasteiger partial charge in [0.15, 0.2) is 5.69 Å². The second kappa shape index (κ2) is 8.44. The third-order valence-electron chi connectivity index (χ3n) is 3.93. The molecule has 0 aliphatic carbocycles. The molecule has 3 rings (SSSR count). The molecule has 0 radical (unpaired) electrons. The average molecular weight is 367 g/mol. The van der Waals surface area contributed by atoms with Crippen molar-refractivity contribution >= 4 is 23.1 Å². The number of nitrogens with one attached hydrogen (secondary N) is 2. The molecule has 2 N–H and O–H groups in total. The molecule has 3 aromatic rings. The van der Waals surface area contributed by atoms with Crippen molar-refractivity contribution in [1.82, 2.24) is 0 Å². The zero-order chi connectivity index (χ0) is 19.9. The normalized spacial score (nSPS) is 9.68. The van der Waals surface area contributed by atoms with Gasteiger partial charge in [-0.2, -0.15) is 0 Å². The number of terminal acetylenes is 1. The highest BCUT2D eigenvalue weighted by molar-refractivity contribution is 6.00. The Morgan fingerprint density at radius 2 is 1.75 bits per heavy atom. The standard InChI is InChI=1S/C23H17N3O2/c1-4-17-6-5-7-19(14-17)25-23(27)26-20-9-8-16(2)22(15-20)28-21-12-10-18(24-3)11-13-21/h1,5-15H,2H3,(H2,25,26,27). The molecule has 0 aliphatic heterocycles. The fraction of sp³-hybridized carbons (Fsp3) is 0.0435. The molecule has 0 saturated heterocycles. The van der Waals surface area contributed by atoms with Crippen LogP contribution in [0, 0.1) is 25.8 Å². The highest BCUT2D eigenvalue weighted by Gasteiger charge is 2.07. The van der Waals surface area contributed by atoms with E-state index in [1.807, 2.05) is 13.0 Å². The molecule has 2 amide bonds. The molecule has 0 heterocycles. The molecule has 0 unspecified atom stereocenters. The average Bonchev–Trinajstić information content (AvgIpc) is 2.71. The van der Waals surface area contributed by atoms with E-state index in [-0.39, 0.29) is 6.03 Å². The number of hydrogen-bond acceptors (Lipinski definition) is 2. The summed E-state index contributed by atoms with van der Waals surface area (Å²) in [4.78, 5) is 15.6. The Morgan fingerprint density at radius 1 is 1.04 bits per heavy atom. The molecule has 3 aromatic carbocycles. The summed E-state index contributed by atoms with van der Waals surface area (Å²) in [5.74, 6) is 3.76. The van der Waals surface area contributed by atoms with E-state index >= 15 is 0 Å². The van der Waals surface area contributed by atoms with Crippen molar-refractivity contribution < 1.29 is 9.53 Å². The van der Waals surface area contributed by atoms with Crippen molar-refractivity contribution in [2.75, 3.05) is 10.6 Å². The monoisotopic (exact) mass is 367 g/mol. The number of aryl methyl sites for hydroxylation is 1. The molecular weight excluding hydrogens is 350 g/mol. The summed E-state index contributed by atoms with van der Waals surface area (Å²) in [6.45, 7) is 8.91. The first kappa shape index (κ1) is 18.6. The van der Waals surface area contributed by atoms with Gasteiger partial charge in [0.25, 0.3) is 0 Å². The fourth-order valence-corrected chi connectivity index (χ4v) is 2.48. The van der Waals surface area contributed by atoms with Crippen LogP contribution < -0.4 is 15.4 Å². The van der Waals surface area contributed by atoms with Crippen molar-refractivity contribution in [3.8, 4) is 23.8 Å². The van der Waals surface area contributed by atoms with Crippen LogP contribution in [0.25, 0.3) is 4.85 Å². The van der Waals surface area contributed by atoms with Gasteiger partial charge >= 0.3 is 6.03 Å². The Hall–Kier alpha value is -4.22. The Bertz CT molecular complexity index is 1090. The molecule has 0 aromatic heterocycles. The molecule has 28 heavy (non-hydrogen) atoms. The van der Waals surface area contributed by atoms with Crippen LogP contribution in [0.1, 0.15) is 11.1 Å². The predicted octanol–water partition coefficient (Wildman–Crippen LogP) is 5.96. The van der Waals surface area contributed by atoms with E-state index in [9.17, 15) is 4.79 Å². The van der Waals surface area contributed by atoms with Gasteiger partial charge in [-0.25, -0.2) is 9.64 Å². The maximum atomic E-state index is 12.3. The number of hydrogen-bond donors (Lipinski definition) is 2.